The van der Waals surface area contributed by atoms with Gasteiger partial charge in [-0.15, -0.1) is 5.10 Å². The third-order valence-corrected chi connectivity index (χ3v) is 5.91. The van der Waals surface area contributed by atoms with E-state index in [0.717, 1.165) is 47.8 Å². The zero-order chi connectivity index (χ0) is 21.4. The van der Waals surface area contributed by atoms with Gasteiger partial charge in [0, 0.05) is 36.5 Å². The molecule has 1 aliphatic carbocycles. The van der Waals surface area contributed by atoms with E-state index in [1.54, 1.807) is 19.4 Å². The zero-order valence-corrected chi connectivity index (χ0v) is 17.1. The van der Waals surface area contributed by atoms with Gasteiger partial charge in [-0.3, -0.25) is 0 Å². The van der Waals surface area contributed by atoms with Crippen molar-refractivity contribution >= 4 is 28.0 Å². The van der Waals surface area contributed by atoms with Gasteiger partial charge >= 0.3 is 0 Å². The van der Waals surface area contributed by atoms with Crippen LogP contribution in [0.1, 0.15) is 25.7 Å². The molecule has 3 heterocycles. The smallest absolute Gasteiger partial charge is 0.258 e. The van der Waals surface area contributed by atoms with Gasteiger partial charge in [0.05, 0.1) is 11.6 Å². The van der Waals surface area contributed by atoms with E-state index in [-0.39, 0.29) is 0 Å². The van der Waals surface area contributed by atoms with E-state index in [0.29, 0.717) is 29.1 Å². The van der Waals surface area contributed by atoms with E-state index >= 15 is 0 Å². The number of ether oxygens (including phenoxy) is 1. The molecule has 8 nitrogen and oxygen atoms in total. The second-order valence-electron chi connectivity index (χ2n) is 7.88. The van der Waals surface area contributed by atoms with E-state index in [2.05, 4.69) is 30.6 Å². The number of hydrogen-bond donors (Lipinski definition) is 2. The number of benzene rings is 1. The predicted molar refractivity (Wildman–Crippen MR) is 113 cm³/mol. The monoisotopic (exact) mass is 427 g/mol. The van der Waals surface area contributed by atoms with Crippen LogP contribution in [0.25, 0.3) is 33.2 Å². The summed E-state index contributed by atoms with van der Waals surface area (Å²) in [6.07, 6.45) is 5.60. The quantitative estimate of drug-likeness (QED) is 0.483. The number of anilines is 1. The molecule has 1 fully saturated rings. The van der Waals surface area contributed by atoms with Gasteiger partial charge in [-0.1, -0.05) is 11.3 Å². The number of methoxy groups -OCH3 is 1. The summed E-state index contributed by atoms with van der Waals surface area (Å²) in [4.78, 5) is 12.3. The minimum Gasteiger partial charge on any atom is -0.381 e. The lowest BCUT2D eigenvalue weighted by Crippen LogP contribution is -2.29. The number of nitrogens with zero attached hydrogens (tertiary/aromatic N) is 5. The van der Waals surface area contributed by atoms with E-state index in [9.17, 15) is 8.78 Å². The highest BCUT2D eigenvalue weighted by Gasteiger charge is 2.21. The molecular formula is C21H23F2N7O. The van der Waals surface area contributed by atoms with Crippen molar-refractivity contribution in [3.63, 3.8) is 0 Å². The minimum absolute atomic E-state index is 0.336. The van der Waals surface area contributed by atoms with Crippen molar-refractivity contribution in [3.05, 3.63) is 30.6 Å². The van der Waals surface area contributed by atoms with Crippen molar-refractivity contribution < 1.29 is 13.5 Å². The van der Waals surface area contributed by atoms with Crippen LogP contribution in [0.2, 0.25) is 0 Å². The highest BCUT2D eigenvalue weighted by molar-refractivity contribution is 5.95. The summed E-state index contributed by atoms with van der Waals surface area (Å²) in [6.45, 7) is -0.488. The molecule has 0 amide bonds. The third-order valence-electron chi connectivity index (χ3n) is 5.91. The maximum atomic E-state index is 12.8. The minimum atomic E-state index is -2.49. The maximum absolute atomic E-state index is 12.8. The van der Waals surface area contributed by atoms with Crippen LogP contribution >= 0.6 is 0 Å². The molecule has 0 atom stereocenters. The number of aromatic nitrogens is 6. The molecule has 0 spiro atoms. The van der Waals surface area contributed by atoms with Crippen molar-refractivity contribution in [2.24, 2.45) is 0 Å². The first-order valence-corrected chi connectivity index (χ1v) is 10.4. The van der Waals surface area contributed by atoms with Crippen LogP contribution in [0, 0.1) is 0 Å². The van der Waals surface area contributed by atoms with Crippen molar-refractivity contribution in [2.45, 2.75) is 50.8 Å². The first-order chi connectivity index (χ1) is 15.1. The molecule has 0 aliphatic heterocycles. The van der Waals surface area contributed by atoms with Gasteiger partial charge in [0.1, 0.15) is 17.7 Å². The molecule has 5 rings (SSSR count). The molecule has 3 aromatic heterocycles. The highest BCUT2D eigenvalue weighted by atomic mass is 19.3. The first kappa shape index (κ1) is 19.8. The lowest BCUT2D eigenvalue weighted by molar-refractivity contribution is 0.0681. The number of hydrogen-bond acceptors (Lipinski definition) is 6. The topological polar surface area (TPSA) is 93.5 Å². The second kappa shape index (κ2) is 8.18. The zero-order valence-electron chi connectivity index (χ0n) is 17.1. The fourth-order valence-electron chi connectivity index (χ4n) is 4.24. The van der Waals surface area contributed by atoms with Gasteiger partial charge < -0.3 is 15.0 Å². The molecule has 1 aliphatic rings. The molecule has 1 saturated carbocycles. The Labute approximate surface area is 177 Å². The summed E-state index contributed by atoms with van der Waals surface area (Å²) < 4.78 is 32.3. The number of fused-ring (bicyclic) bond motifs is 2. The average Bonchev–Trinajstić information content (AvgIpc) is 3.37. The average molecular weight is 427 g/mol. The largest absolute Gasteiger partial charge is 0.381 e. The van der Waals surface area contributed by atoms with Crippen LogP contribution < -0.4 is 5.32 Å². The molecule has 4 aromatic rings. The van der Waals surface area contributed by atoms with Crippen LogP contribution in [-0.4, -0.2) is 55.6 Å². The molecular weight excluding hydrogens is 404 g/mol. The number of alkyl halides is 2. The Balaban J connectivity index is 1.40. The van der Waals surface area contributed by atoms with Crippen LogP contribution in [0.15, 0.2) is 30.6 Å². The van der Waals surface area contributed by atoms with Gasteiger partial charge in [-0.05, 0) is 43.4 Å². The van der Waals surface area contributed by atoms with Crippen molar-refractivity contribution in [1.29, 1.82) is 0 Å². The van der Waals surface area contributed by atoms with Crippen LogP contribution in [0.3, 0.4) is 0 Å². The Hall–Kier alpha value is -3.14. The lowest BCUT2D eigenvalue weighted by atomic mass is 9.93. The Kier molecular flexibility index (Phi) is 5.23. The van der Waals surface area contributed by atoms with Crippen LogP contribution in [-0.2, 0) is 11.3 Å². The molecule has 0 radical (unpaired) electrons. The third kappa shape index (κ3) is 3.95. The van der Waals surface area contributed by atoms with Gasteiger partial charge in [-0.2, -0.15) is 4.98 Å². The Morgan fingerprint density at radius 1 is 1.26 bits per heavy atom. The standard InChI is InChI=1S/C21H23F2N7O/c1-31-14-5-3-13(4-6-14)26-21-25-10-16-15(9-24-20(16)27-21)12-2-7-17-18(8-12)30(29-28-17)11-19(22)23/h2,7-10,13-14,19H,3-6,11H2,1H3,(H2,24,25,26,27)/t13-,14+. The SMILES string of the molecule is CO[C@H]1CC[C@@H](Nc2ncc3c(-c4ccc5nnn(CC(F)F)c5c4)c[nH]c3n2)CC1. The normalized spacial score (nSPS) is 19.5. The molecule has 10 heteroatoms. The number of rotatable bonds is 6. The summed E-state index contributed by atoms with van der Waals surface area (Å²) in [6, 6.07) is 5.84. The van der Waals surface area contributed by atoms with Gasteiger partial charge in [0.25, 0.3) is 6.43 Å². The summed E-state index contributed by atoms with van der Waals surface area (Å²) in [5.41, 5.74) is 3.62. The second-order valence-corrected chi connectivity index (χ2v) is 7.88. The molecule has 162 valence electrons. The molecule has 0 saturated heterocycles. The summed E-state index contributed by atoms with van der Waals surface area (Å²) in [7, 11) is 1.76. The summed E-state index contributed by atoms with van der Waals surface area (Å²) >= 11 is 0. The molecule has 2 N–H and O–H groups in total. The predicted octanol–water partition coefficient (Wildman–Crippen LogP) is 4.00. The van der Waals surface area contributed by atoms with Crippen LogP contribution in [0.4, 0.5) is 14.7 Å². The maximum Gasteiger partial charge on any atom is 0.258 e. The van der Waals surface area contributed by atoms with Crippen molar-refractivity contribution in [1.82, 2.24) is 29.9 Å². The van der Waals surface area contributed by atoms with Gasteiger partial charge in [0.2, 0.25) is 5.95 Å². The molecule has 0 bridgehead atoms. The number of H-pyrrole nitrogens is 1. The first-order valence-electron chi connectivity index (χ1n) is 10.4. The number of aromatic amines is 1. The van der Waals surface area contributed by atoms with E-state index in [4.69, 9.17) is 4.74 Å². The summed E-state index contributed by atoms with van der Waals surface area (Å²) in [5, 5.41) is 12.1. The Bertz CT molecular complexity index is 1200. The van der Waals surface area contributed by atoms with E-state index in [1.807, 2.05) is 18.3 Å². The van der Waals surface area contributed by atoms with Crippen LogP contribution in [0.5, 0.6) is 0 Å². The highest BCUT2D eigenvalue weighted by Crippen LogP contribution is 2.30. The summed E-state index contributed by atoms with van der Waals surface area (Å²) in [5.74, 6) is 0.594. The molecule has 0 unspecified atom stereocenters. The Morgan fingerprint density at radius 2 is 2.10 bits per heavy atom. The molecule has 31 heavy (non-hydrogen) atoms. The fourth-order valence-corrected chi connectivity index (χ4v) is 4.24. The fraction of sp³-hybridized carbons (Fsp3) is 0.429. The number of nitrogens with one attached hydrogen (secondary N) is 2. The Morgan fingerprint density at radius 3 is 2.87 bits per heavy atom. The van der Waals surface area contributed by atoms with Crippen molar-refractivity contribution in [3.8, 4) is 11.1 Å². The van der Waals surface area contributed by atoms with E-state index < -0.39 is 13.0 Å². The number of halogens is 2. The van der Waals surface area contributed by atoms with Crippen molar-refractivity contribution in [2.75, 3.05) is 12.4 Å². The van der Waals surface area contributed by atoms with E-state index in [1.165, 1.54) is 4.68 Å². The molecule has 1 aromatic carbocycles. The van der Waals surface area contributed by atoms with Gasteiger partial charge in [-0.25, -0.2) is 18.4 Å². The lowest BCUT2D eigenvalue weighted by Gasteiger charge is -2.28. The van der Waals surface area contributed by atoms with Gasteiger partial charge in [0.15, 0.2) is 0 Å².